The number of hydrogen-bond donors (Lipinski definition) is 0. The normalized spacial score (nSPS) is 27.1. The molecule has 0 aromatic heterocycles. The van der Waals surface area contributed by atoms with E-state index in [9.17, 15) is 9.36 Å². The van der Waals surface area contributed by atoms with Crippen molar-refractivity contribution in [2.45, 2.75) is 51.6 Å². The molecule has 16 heavy (non-hydrogen) atoms. The predicted molar refractivity (Wildman–Crippen MR) is 62.7 cm³/mol. The van der Waals surface area contributed by atoms with E-state index in [4.69, 9.17) is 9.05 Å². The fourth-order valence-corrected chi connectivity index (χ4v) is 4.37. The molecule has 0 bridgehead atoms. The monoisotopic (exact) mass is 248 g/mol. The molecule has 0 amide bonds. The van der Waals surface area contributed by atoms with E-state index in [1.807, 2.05) is 6.92 Å². The second-order valence-electron chi connectivity index (χ2n) is 4.40. The van der Waals surface area contributed by atoms with Gasteiger partial charge in [-0.15, -0.1) is 0 Å². The van der Waals surface area contributed by atoms with Crippen molar-refractivity contribution in [3.8, 4) is 0 Å². The first kappa shape index (κ1) is 13.9. The Morgan fingerprint density at radius 3 is 2.31 bits per heavy atom. The molecule has 1 rings (SSSR count). The van der Waals surface area contributed by atoms with Crippen molar-refractivity contribution in [1.82, 2.24) is 0 Å². The van der Waals surface area contributed by atoms with E-state index < -0.39 is 12.8 Å². The Morgan fingerprint density at radius 1 is 1.31 bits per heavy atom. The van der Waals surface area contributed by atoms with Crippen LogP contribution in [0.4, 0.5) is 0 Å². The minimum atomic E-state index is -3.16. The van der Waals surface area contributed by atoms with Crippen LogP contribution in [-0.2, 0) is 18.4 Å². The molecule has 1 aliphatic rings. The zero-order chi connectivity index (χ0) is 12.2. The molecule has 4 nitrogen and oxygen atoms in total. The van der Waals surface area contributed by atoms with Gasteiger partial charge in [-0.2, -0.15) is 0 Å². The molecule has 1 atom stereocenters. The molecule has 0 aliphatic heterocycles. The summed E-state index contributed by atoms with van der Waals surface area (Å²) >= 11 is 0. The average molecular weight is 248 g/mol. The molecular formula is C11H21O4P. The largest absolute Gasteiger partial charge is 0.336 e. The molecule has 1 fully saturated rings. The number of carbonyl (C=O) groups excluding carboxylic acids is 1. The van der Waals surface area contributed by atoms with Gasteiger partial charge in [0.15, 0.2) is 0 Å². The van der Waals surface area contributed by atoms with Gasteiger partial charge in [0.1, 0.15) is 5.78 Å². The van der Waals surface area contributed by atoms with Crippen LogP contribution < -0.4 is 0 Å². The minimum Gasteiger partial charge on any atom is -0.308 e. The lowest BCUT2D eigenvalue weighted by molar-refractivity contribution is -0.121. The van der Waals surface area contributed by atoms with Crippen LogP contribution in [0.5, 0.6) is 0 Å². The summed E-state index contributed by atoms with van der Waals surface area (Å²) in [5.74, 6) is 0.161. The van der Waals surface area contributed by atoms with Crippen molar-refractivity contribution in [2.75, 3.05) is 13.2 Å². The summed E-state index contributed by atoms with van der Waals surface area (Å²) in [6.07, 6.45) is 2.41. The molecule has 5 heteroatoms. The molecule has 1 aliphatic carbocycles. The third-order valence-electron chi connectivity index (χ3n) is 3.01. The molecule has 0 saturated heterocycles. The van der Waals surface area contributed by atoms with Crippen molar-refractivity contribution >= 4 is 13.4 Å². The highest BCUT2D eigenvalue weighted by atomic mass is 31.2. The molecule has 0 aromatic rings. The smallest absolute Gasteiger partial charge is 0.308 e. The Kier molecular flexibility index (Phi) is 4.72. The fraction of sp³-hybridized carbons (Fsp3) is 0.909. The third kappa shape index (κ3) is 2.73. The van der Waals surface area contributed by atoms with Crippen LogP contribution in [0, 0.1) is 0 Å². The first-order valence-electron chi connectivity index (χ1n) is 5.88. The predicted octanol–water partition coefficient (Wildman–Crippen LogP) is 3.15. The summed E-state index contributed by atoms with van der Waals surface area (Å²) in [5, 5.41) is -0.631. The van der Waals surface area contributed by atoms with E-state index in [1.165, 1.54) is 0 Å². The van der Waals surface area contributed by atoms with Crippen molar-refractivity contribution in [1.29, 1.82) is 0 Å². The Balaban J connectivity index is 2.91. The Bertz CT molecular complexity index is 292. The van der Waals surface area contributed by atoms with Crippen molar-refractivity contribution in [3.63, 3.8) is 0 Å². The maximum absolute atomic E-state index is 12.6. The number of carbonyl (C=O) groups is 1. The second kappa shape index (κ2) is 5.44. The van der Waals surface area contributed by atoms with Gasteiger partial charge in [-0.1, -0.05) is 0 Å². The number of rotatable bonds is 5. The zero-order valence-corrected chi connectivity index (χ0v) is 11.2. The maximum atomic E-state index is 12.6. The lowest BCUT2D eigenvalue weighted by Crippen LogP contribution is -2.34. The molecular weight excluding hydrogens is 227 g/mol. The SMILES string of the molecule is CCOP(=O)(OCC)C1(C)CCCC(=O)C1. The fourth-order valence-electron chi connectivity index (χ4n) is 2.19. The first-order valence-corrected chi connectivity index (χ1v) is 7.42. The lowest BCUT2D eigenvalue weighted by Gasteiger charge is -2.37. The van der Waals surface area contributed by atoms with Gasteiger partial charge in [0.05, 0.1) is 18.4 Å². The maximum Gasteiger partial charge on any atom is 0.336 e. The molecule has 94 valence electrons. The summed E-state index contributed by atoms with van der Waals surface area (Å²) < 4.78 is 23.3. The number of hydrogen-bond acceptors (Lipinski definition) is 4. The minimum absolute atomic E-state index is 0.161. The third-order valence-corrected chi connectivity index (χ3v) is 5.91. The summed E-state index contributed by atoms with van der Waals surface area (Å²) in [7, 11) is -3.16. The van der Waals surface area contributed by atoms with E-state index in [1.54, 1.807) is 13.8 Å². The summed E-state index contributed by atoms with van der Waals surface area (Å²) in [6, 6.07) is 0. The molecule has 0 N–H and O–H groups in total. The highest BCUT2D eigenvalue weighted by molar-refractivity contribution is 7.55. The van der Waals surface area contributed by atoms with E-state index in [2.05, 4.69) is 0 Å². The number of Topliss-reactive ketones (excluding diaryl/α,β-unsaturated/α-hetero) is 1. The van der Waals surface area contributed by atoms with Gasteiger partial charge in [-0.25, -0.2) is 0 Å². The molecule has 0 spiro atoms. The highest BCUT2D eigenvalue weighted by Gasteiger charge is 2.49. The average Bonchev–Trinajstić information content (AvgIpc) is 2.17. The van der Waals surface area contributed by atoms with Crippen LogP contribution in [0.1, 0.15) is 46.5 Å². The highest BCUT2D eigenvalue weighted by Crippen LogP contribution is 2.64. The summed E-state index contributed by atoms with van der Waals surface area (Å²) in [5.41, 5.74) is 0. The van der Waals surface area contributed by atoms with Gasteiger partial charge in [-0.05, 0) is 33.6 Å². The standard InChI is InChI=1S/C11H21O4P/c1-4-14-16(13,15-5-2)11(3)8-6-7-10(12)9-11/h4-9H2,1-3H3. The van der Waals surface area contributed by atoms with E-state index in [0.717, 1.165) is 12.8 Å². The van der Waals surface area contributed by atoms with Crippen LogP contribution in [0.25, 0.3) is 0 Å². The Morgan fingerprint density at radius 2 is 1.88 bits per heavy atom. The van der Waals surface area contributed by atoms with E-state index >= 15 is 0 Å². The molecule has 0 radical (unpaired) electrons. The number of ketones is 1. The van der Waals surface area contributed by atoms with Crippen molar-refractivity contribution in [2.24, 2.45) is 0 Å². The van der Waals surface area contributed by atoms with Crippen LogP contribution in [-0.4, -0.2) is 24.2 Å². The van der Waals surface area contributed by atoms with Gasteiger partial charge >= 0.3 is 7.60 Å². The van der Waals surface area contributed by atoms with Gasteiger partial charge in [0, 0.05) is 12.8 Å². The quantitative estimate of drug-likeness (QED) is 0.701. The molecule has 0 heterocycles. The van der Waals surface area contributed by atoms with Gasteiger partial charge in [0.2, 0.25) is 0 Å². The first-order chi connectivity index (χ1) is 7.47. The van der Waals surface area contributed by atoms with E-state index in [-0.39, 0.29) is 5.78 Å². The zero-order valence-electron chi connectivity index (χ0n) is 10.3. The summed E-state index contributed by atoms with van der Waals surface area (Å²) in [4.78, 5) is 11.5. The van der Waals surface area contributed by atoms with Gasteiger partial charge in [0.25, 0.3) is 0 Å². The van der Waals surface area contributed by atoms with Crippen LogP contribution in [0.3, 0.4) is 0 Å². The van der Waals surface area contributed by atoms with Crippen LogP contribution in [0.2, 0.25) is 0 Å². The summed E-state index contributed by atoms with van der Waals surface area (Å²) in [6.45, 7) is 6.12. The van der Waals surface area contributed by atoms with Gasteiger partial charge < -0.3 is 9.05 Å². The Hall–Kier alpha value is -0.180. The molecule has 1 unspecified atom stereocenters. The molecule has 1 saturated carbocycles. The lowest BCUT2D eigenvalue weighted by atomic mass is 9.89. The van der Waals surface area contributed by atoms with Crippen LogP contribution >= 0.6 is 7.60 Å². The van der Waals surface area contributed by atoms with E-state index in [0.29, 0.717) is 26.1 Å². The van der Waals surface area contributed by atoms with Crippen molar-refractivity contribution in [3.05, 3.63) is 0 Å². The molecule has 0 aromatic carbocycles. The second-order valence-corrected chi connectivity index (χ2v) is 6.99. The van der Waals surface area contributed by atoms with Gasteiger partial charge in [-0.3, -0.25) is 9.36 Å². The topological polar surface area (TPSA) is 52.6 Å². The van der Waals surface area contributed by atoms with Crippen LogP contribution in [0.15, 0.2) is 0 Å². The van der Waals surface area contributed by atoms with Crippen molar-refractivity contribution < 1.29 is 18.4 Å². The Labute approximate surface area is 97.2 Å².